The first kappa shape index (κ1) is 81.2. The number of ether oxygens (including phenoxy) is 10. The maximum Gasteiger partial charge on any atom is 0.330 e. The van der Waals surface area contributed by atoms with E-state index >= 15 is 0 Å². The third-order valence-corrected chi connectivity index (χ3v) is 36.4. The zero-order valence-electron chi connectivity index (χ0n) is 63.1. The highest BCUT2D eigenvalue weighted by Crippen LogP contribution is 2.54. The van der Waals surface area contributed by atoms with Crippen LogP contribution >= 0.6 is 0 Å². The smallest absolute Gasteiger partial charge is 0.330 e. The maximum atomic E-state index is 12.5. The minimum Gasteiger partial charge on any atom is -0.408 e. The van der Waals surface area contributed by atoms with E-state index in [1.165, 1.54) is 67.3 Å². The van der Waals surface area contributed by atoms with Crippen molar-refractivity contribution in [3.63, 3.8) is 0 Å². The number of aromatic nitrogens is 8. The number of aliphatic hydroxyl groups excluding tert-OH is 2. The largest absolute Gasteiger partial charge is 0.408 e. The summed E-state index contributed by atoms with van der Waals surface area (Å²) in [5.74, 6) is 0. The molecule has 7 N–H and O–H groups in total. The lowest BCUT2D eigenvalue weighted by atomic mass is 9.96. The molecule has 10 fully saturated rings. The molecule has 582 valence electrons. The van der Waals surface area contributed by atoms with Gasteiger partial charge in [-0.15, -0.1) is 0 Å². The molecule has 0 saturated carbocycles. The molecule has 4 aromatic rings. The van der Waals surface area contributed by atoms with Gasteiger partial charge in [-0.25, -0.2) is 19.2 Å². The molecular formula is C68H110N10O23Si3. The third kappa shape index (κ3) is 16.4. The summed E-state index contributed by atoms with van der Waals surface area (Å²) in [5, 5.41) is 23.3. The van der Waals surface area contributed by atoms with Gasteiger partial charge in [0.05, 0.1) is 59.5 Å². The highest BCUT2D eigenvalue weighted by Gasteiger charge is 2.68. The van der Waals surface area contributed by atoms with E-state index < -0.39 is 148 Å². The van der Waals surface area contributed by atoms with Gasteiger partial charge in [-0.1, -0.05) is 76.2 Å². The fraction of sp³-hybridized carbons (Fsp3) is 0.765. The molecule has 0 radical (unpaired) electrons. The first-order valence-electron chi connectivity index (χ1n) is 36.0. The fourth-order valence-corrected chi connectivity index (χ4v) is 17.6. The molecule has 0 spiro atoms. The zero-order valence-corrected chi connectivity index (χ0v) is 66.1. The number of hydrogen-bond acceptors (Lipinski definition) is 25. The first-order chi connectivity index (χ1) is 48.6. The Bertz CT molecular complexity index is 3990. The van der Waals surface area contributed by atoms with Crippen LogP contribution in [0.3, 0.4) is 0 Å². The number of H-pyrrole nitrogens is 4. The van der Waals surface area contributed by atoms with Gasteiger partial charge in [0.25, 0.3) is 22.2 Å². The molecule has 33 nitrogen and oxygen atoms in total. The van der Waals surface area contributed by atoms with Crippen LogP contribution in [0.2, 0.25) is 54.4 Å². The summed E-state index contributed by atoms with van der Waals surface area (Å²) in [6, 6.07) is 5.14. The molecule has 0 amide bonds. The van der Waals surface area contributed by atoms with Crippen LogP contribution in [-0.2, 0) is 60.6 Å². The summed E-state index contributed by atoms with van der Waals surface area (Å²) in [6.07, 6.45) is 0.711. The number of nitrogens with one attached hydrogen (secondary N) is 5. The molecule has 4 aromatic heterocycles. The van der Waals surface area contributed by atoms with Gasteiger partial charge in [-0.2, -0.15) is 0 Å². The van der Waals surface area contributed by atoms with Crippen molar-refractivity contribution in [1.29, 1.82) is 0 Å². The van der Waals surface area contributed by atoms with E-state index in [0.717, 1.165) is 45.8 Å². The molecule has 14 rings (SSSR count). The Labute approximate surface area is 605 Å². The molecule has 4 unspecified atom stereocenters. The molecule has 14 heterocycles. The second kappa shape index (κ2) is 31.0. The van der Waals surface area contributed by atoms with E-state index in [9.17, 15) is 48.6 Å². The molecule has 8 bridgehead atoms. The topological polar surface area (TPSA) is 395 Å². The summed E-state index contributed by atoms with van der Waals surface area (Å²) in [7, 11) is -6.31. The molecule has 104 heavy (non-hydrogen) atoms. The molecule has 10 aliphatic heterocycles. The lowest BCUT2D eigenvalue weighted by Crippen LogP contribution is -2.57. The number of hydrogen-bond donors (Lipinski definition) is 7. The Balaban J connectivity index is 0.000000146. The number of rotatable bonds is 15. The predicted molar refractivity (Wildman–Crippen MR) is 386 cm³/mol. The summed E-state index contributed by atoms with van der Waals surface area (Å²) in [6.45, 7) is 45.3. The molecule has 0 aliphatic carbocycles. The van der Waals surface area contributed by atoms with Crippen LogP contribution in [0.1, 0.15) is 114 Å². The van der Waals surface area contributed by atoms with Crippen molar-refractivity contribution in [3.05, 3.63) is 132 Å². The number of morpholine rings is 2. The Morgan fingerprint density at radius 2 is 0.750 bits per heavy atom. The van der Waals surface area contributed by atoms with Gasteiger partial charge < -0.3 is 76.2 Å². The van der Waals surface area contributed by atoms with Crippen LogP contribution < -0.4 is 50.3 Å². The standard InChI is InChI=1S/C20H33N3O6Si.C17H28N2O5Si.C16H26N2O6Si.C11H14N2O5.C4H9NO/c1-19(2,3)30(4,5)29-16-15-17(23-7-6-14(24)21-18(23)25)28-20(16,13-27-15)12-22-8-10-26-11-9-22;1-7-17-10-22-12(13(17)24-25(5,6)16(2,3)4)14(23-17)19-9-8-11(20)18-15(19)21;1-15(2,3)25(4,5)24-12-11-13(23-16(12,8-19)9-22-11)18-7-6-10(20)17-14(18)21;1-2-11-5-17-7(8(11)15)9(18-11)13-4-3-6(14)12-10(13)16;1-3-6-4-2-5-1/h6-7,15-17H,8-13H2,1-5H3,(H,21,24,25);8-9,12-14H,7,10H2,1-6H3,(H,18,20,21);6-7,11-13,19H,8-9H2,1-5H3,(H,17,20,21);3-4,7-9,15H,2,5H2,1H3,(H,12,14,16);5H,1-4H2/t15-,16?,17+,20-;12-,13?,14+,17-;11-,12?,13+,16-;7-,8?,9+,11-;/m0000./s1. The van der Waals surface area contributed by atoms with Gasteiger partial charge >= 0.3 is 22.8 Å². The molecule has 16 atom stereocenters. The predicted octanol–water partition coefficient (Wildman–Crippen LogP) is 2.09. The number of nitrogens with zero attached hydrogens (tertiary/aromatic N) is 5. The Morgan fingerprint density at radius 3 is 1.08 bits per heavy atom. The van der Waals surface area contributed by atoms with E-state index in [0.29, 0.717) is 46.0 Å². The Kier molecular flexibility index (Phi) is 24.2. The van der Waals surface area contributed by atoms with Gasteiger partial charge in [0, 0.05) is 81.8 Å². The van der Waals surface area contributed by atoms with Crippen molar-refractivity contribution in [2.24, 2.45) is 0 Å². The molecule has 10 aliphatic rings. The van der Waals surface area contributed by atoms with Crippen LogP contribution in [0.5, 0.6) is 0 Å². The van der Waals surface area contributed by atoms with Crippen LogP contribution in [0.4, 0.5) is 0 Å². The molecular weight excluding hydrogens is 1410 g/mol. The highest BCUT2D eigenvalue weighted by atomic mass is 28.4. The maximum absolute atomic E-state index is 12.5. The van der Waals surface area contributed by atoms with E-state index in [1.807, 2.05) is 13.8 Å². The molecule has 36 heteroatoms. The Hall–Kier alpha value is -5.31. The monoisotopic (exact) mass is 1520 g/mol. The SMILES string of the molecule is C1COCCN1.CC(C)(C)[Si](C)(C)OC1[C@@H]2OC[C@]1(CN1CCOCC1)O[C@H]2n1ccc(=O)[nH]c1=O.CC(C)(C)[Si](C)(C)OC1[C@@H]2OC[C@]1(CO)O[C@H]2n1ccc(=O)[nH]c1=O.CC[C@]12CO[C@@H](C1O)[C@H](n1ccc(=O)[nH]c1=O)O2.CC[C@]12CO[C@@H](C1O[Si](C)(C)C(C)(C)C)[C@H](n1ccc(=O)[nH]c1=O)O2. The summed E-state index contributed by atoms with van der Waals surface area (Å²) >= 11 is 0. The minimum atomic E-state index is -2.15. The van der Waals surface area contributed by atoms with Crippen molar-refractivity contribution in [2.45, 2.75) is 240 Å². The van der Waals surface area contributed by atoms with Crippen LogP contribution in [0.15, 0.2) is 87.4 Å². The van der Waals surface area contributed by atoms with E-state index in [1.54, 1.807) is 0 Å². The molecule has 10 saturated heterocycles. The average molecular weight is 1520 g/mol. The van der Waals surface area contributed by atoms with Crippen LogP contribution in [0.25, 0.3) is 0 Å². The summed E-state index contributed by atoms with van der Waals surface area (Å²) in [5.41, 5.74) is -6.91. The lowest BCUT2D eigenvalue weighted by Gasteiger charge is -2.42. The van der Waals surface area contributed by atoms with Gasteiger partial charge in [-0.05, 0) is 67.2 Å². The number of fused-ring (bicyclic) bond motifs is 8. The number of aromatic amines is 4. The normalized spacial score (nSPS) is 33.0. The number of aliphatic hydroxyl groups is 2. The van der Waals surface area contributed by atoms with Crippen LogP contribution in [0, 0.1) is 0 Å². The quantitative estimate of drug-likeness (QED) is 0.0838. The van der Waals surface area contributed by atoms with Gasteiger partial charge in [0.1, 0.15) is 71.2 Å². The van der Waals surface area contributed by atoms with Gasteiger partial charge in [-0.3, -0.25) is 62.3 Å². The average Bonchev–Trinajstić information content (AvgIpc) is 1.60. The highest BCUT2D eigenvalue weighted by molar-refractivity contribution is 6.75. The van der Waals surface area contributed by atoms with Crippen molar-refractivity contribution < 1.29 is 70.9 Å². The van der Waals surface area contributed by atoms with Gasteiger partial charge in [0.15, 0.2) is 49.9 Å². The van der Waals surface area contributed by atoms with E-state index in [2.05, 4.69) is 132 Å². The third-order valence-electron chi connectivity index (χ3n) is 23.0. The van der Waals surface area contributed by atoms with E-state index in [4.69, 9.17) is 60.6 Å². The fourth-order valence-electron chi connectivity index (χ4n) is 13.6. The first-order valence-corrected chi connectivity index (χ1v) is 44.7. The van der Waals surface area contributed by atoms with E-state index in [-0.39, 0.29) is 46.6 Å². The van der Waals surface area contributed by atoms with Crippen LogP contribution in [-0.4, -0.2) is 242 Å². The van der Waals surface area contributed by atoms with Crippen molar-refractivity contribution in [2.75, 3.05) is 92.2 Å². The summed E-state index contributed by atoms with van der Waals surface area (Å²) in [4.78, 5) is 105. The zero-order chi connectivity index (χ0) is 76.1. The lowest BCUT2D eigenvalue weighted by molar-refractivity contribution is -0.187. The molecule has 0 aromatic carbocycles. The second-order valence-corrected chi connectivity index (χ2v) is 47.2. The Morgan fingerprint density at radius 1 is 0.452 bits per heavy atom. The minimum absolute atomic E-state index is 0.0179. The summed E-state index contributed by atoms with van der Waals surface area (Å²) < 4.78 is 84.0. The van der Waals surface area contributed by atoms with Crippen molar-refractivity contribution >= 4 is 25.0 Å². The van der Waals surface area contributed by atoms with Crippen molar-refractivity contribution in [1.82, 2.24) is 48.4 Å². The van der Waals surface area contributed by atoms with Gasteiger partial charge in [0.2, 0.25) is 0 Å². The second-order valence-electron chi connectivity index (χ2n) is 32.9. The van der Waals surface area contributed by atoms with Crippen molar-refractivity contribution in [3.8, 4) is 0 Å².